The van der Waals surface area contributed by atoms with Crippen molar-refractivity contribution in [2.75, 3.05) is 0 Å². The largest absolute Gasteiger partial charge is 0.348 e. The number of ketones is 1. The van der Waals surface area contributed by atoms with Crippen LogP contribution >= 0.6 is 11.3 Å². The van der Waals surface area contributed by atoms with Gasteiger partial charge in [-0.2, -0.15) is 8.42 Å². The fourth-order valence-corrected chi connectivity index (χ4v) is 11.8. The van der Waals surface area contributed by atoms with Crippen molar-refractivity contribution in [3.63, 3.8) is 0 Å². The van der Waals surface area contributed by atoms with Crippen molar-refractivity contribution in [1.82, 2.24) is 5.32 Å². The minimum Gasteiger partial charge on any atom is -0.348 e. The second kappa shape index (κ2) is 10.5. The Hall–Kier alpha value is -1.25. The zero-order chi connectivity index (χ0) is 28.3. The van der Waals surface area contributed by atoms with E-state index >= 15 is 0 Å². The quantitative estimate of drug-likeness (QED) is 0.338. The van der Waals surface area contributed by atoms with E-state index in [1.165, 1.54) is 44.6 Å². The Balaban J connectivity index is 1.25. The normalized spacial score (nSPS) is 38.0. The van der Waals surface area contributed by atoms with Gasteiger partial charge < -0.3 is 5.32 Å². The Labute approximate surface area is 238 Å². The van der Waals surface area contributed by atoms with Crippen molar-refractivity contribution in [2.24, 2.45) is 52.3 Å². The Bertz CT molecular complexity index is 1210. The molecular formula is C31H47NO5S2. The predicted octanol–water partition coefficient (Wildman–Crippen LogP) is 7.06. The van der Waals surface area contributed by atoms with Crippen LogP contribution < -0.4 is 5.32 Å². The summed E-state index contributed by atoms with van der Waals surface area (Å²) in [5.41, 5.74) is 0.592. The summed E-state index contributed by atoms with van der Waals surface area (Å²) >= 11 is 1.02. The molecule has 39 heavy (non-hydrogen) atoms. The number of fused-ring (bicyclic) bond motifs is 5. The van der Waals surface area contributed by atoms with Crippen molar-refractivity contribution in [1.29, 1.82) is 0 Å². The van der Waals surface area contributed by atoms with Crippen molar-refractivity contribution < 1.29 is 22.6 Å². The first-order valence-corrected chi connectivity index (χ1v) is 17.4. The van der Waals surface area contributed by atoms with E-state index in [1.54, 1.807) is 6.07 Å². The summed E-state index contributed by atoms with van der Waals surface area (Å²) in [5.74, 6) is 4.18. The average Bonchev–Trinajstić information content (AvgIpc) is 3.47. The van der Waals surface area contributed by atoms with Gasteiger partial charge in [-0.05, 0) is 109 Å². The lowest BCUT2D eigenvalue weighted by atomic mass is 9.44. The molecule has 8 heteroatoms. The van der Waals surface area contributed by atoms with Crippen LogP contribution in [0.3, 0.4) is 0 Å². The van der Waals surface area contributed by atoms with Crippen LogP contribution in [0.15, 0.2) is 16.3 Å². The summed E-state index contributed by atoms with van der Waals surface area (Å²) in [6.45, 7) is 11.3. The Morgan fingerprint density at radius 2 is 1.77 bits per heavy atom. The lowest BCUT2D eigenvalue weighted by Gasteiger charge is -2.60. The van der Waals surface area contributed by atoms with Crippen molar-refractivity contribution >= 4 is 33.1 Å². The summed E-state index contributed by atoms with van der Waals surface area (Å²) in [4.78, 5) is 26.3. The maximum atomic E-state index is 13.3. The molecule has 4 aliphatic carbocycles. The fraction of sp³-hybridized carbons (Fsp3) is 0.806. The van der Waals surface area contributed by atoms with E-state index < -0.39 is 10.1 Å². The Kier molecular flexibility index (Phi) is 7.91. The first kappa shape index (κ1) is 29.2. The van der Waals surface area contributed by atoms with Gasteiger partial charge in [-0.3, -0.25) is 14.1 Å². The highest BCUT2D eigenvalue weighted by atomic mass is 32.3. The highest BCUT2D eigenvalue weighted by Gasteiger charge is 2.60. The monoisotopic (exact) mass is 577 g/mol. The Morgan fingerprint density at radius 1 is 1.05 bits per heavy atom. The van der Waals surface area contributed by atoms with E-state index in [-0.39, 0.29) is 33.4 Å². The Morgan fingerprint density at radius 3 is 2.44 bits per heavy atom. The maximum Gasteiger partial charge on any atom is 0.304 e. The van der Waals surface area contributed by atoms with Gasteiger partial charge in [0, 0.05) is 24.1 Å². The van der Waals surface area contributed by atoms with Gasteiger partial charge in [0.15, 0.2) is 0 Å². The third-order valence-electron chi connectivity index (χ3n) is 11.9. The maximum absolute atomic E-state index is 13.3. The summed E-state index contributed by atoms with van der Waals surface area (Å²) in [6, 6.07) is 2.82. The molecule has 0 aromatic carbocycles. The lowest BCUT2D eigenvalue weighted by molar-refractivity contribution is -0.141. The van der Waals surface area contributed by atoms with Crippen LogP contribution in [0.4, 0.5) is 0 Å². The van der Waals surface area contributed by atoms with E-state index in [4.69, 9.17) is 0 Å². The van der Waals surface area contributed by atoms with Crippen molar-refractivity contribution in [2.45, 2.75) is 109 Å². The average molecular weight is 578 g/mol. The number of hydrogen-bond acceptors (Lipinski definition) is 5. The number of Topliss-reactive ketones (excluding diaryl/α,β-unsaturated/α-hetero) is 1. The molecule has 5 rings (SSSR count). The van der Waals surface area contributed by atoms with Crippen LogP contribution in [0.1, 0.15) is 110 Å². The molecule has 0 bridgehead atoms. The zero-order valence-electron chi connectivity index (χ0n) is 24.2. The number of carbonyl (C=O) groups excluding carboxylic acids is 2. The number of nitrogens with one attached hydrogen (secondary N) is 1. The van der Waals surface area contributed by atoms with Crippen molar-refractivity contribution in [3.05, 3.63) is 17.0 Å². The smallest absolute Gasteiger partial charge is 0.304 e. The van der Waals surface area contributed by atoms with Crippen molar-refractivity contribution in [3.8, 4) is 0 Å². The van der Waals surface area contributed by atoms with E-state index in [2.05, 4.69) is 26.1 Å². The molecule has 4 aliphatic rings. The second-order valence-electron chi connectivity index (χ2n) is 14.2. The zero-order valence-corrected chi connectivity index (χ0v) is 25.9. The van der Waals surface area contributed by atoms with Gasteiger partial charge in [0.05, 0.1) is 6.04 Å². The van der Waals surface area contributed by atoms with Crippen LogP contribution in [0.2, 0.25) is 0 Å². The molecule has 0 radical (unpaired) electrons. The number of amides is 1. The molecule has 1 aromatic heterocycles. The van der Waals surface area contributed by atoms with Crippen LogP contribution in [0.25, 0.3) is 0 Å². The fourth-order valence-electron chi connectivity index (χ4n) is 9.89. The minimum atomic E-state index is -4.25. The molecule has 1 aromatic rings. The molecule has 0 spiro atoms. The van der Waals surface area contributed by atoms with E-state index in [1.807, 2.05) is 13.8 Å². The van der Waals surface area contributed by atoms with E-state index in [9.17, 15) is 22.6 Å². The first-order valence-electron chi connectivity index (χ1n) is 15.1. The summed E-state index contributed by atoms with van der Waals surface area (Å²) in [6.07, 6.45) is 10.5. The molecule has 4 fully saturated rings. The molecule has 1 heterocycles. The second-order valence-corrected chi connectivity index (χ2v) is 17.0. The summed E-state index contributed by atoms with van der Waals surface area (Å²) in [7, 11) is -4.25. The molecule has 1 amide bonds. The van der Waals surface area contributed by atoms with E-state index in [0.717, 1.165) is 53.2 Å². The number of rotatable bonds is 7. The molecule has 9 atom stereocenters. The third kappa shape index (κ3) is 5.27. The molecule has 3 unspecified atom stereocenters. The predicted molar refractivity (Wildman–Crippen MR) is 154 cm³/mol. The van der Waals surface area contributed by atoms with Gasteiger partial charge >= 0.3 is 10.1 Å². The van der Waals surface area contributed by atoms with Gasteiger partial charge in [0.1, 0.15) is 9.99 Å². The SMILES string of the molecule is CC(C)C(NC(=O)C[C@@H](C)C1CCC2[C@@H]3CC[C@@H]4CC(=O)CC[C@]4(C)[C@H]3CC[C@]12C)c1ccc(S(=O)(=O)O)s1. The highest BCUT2D eigenvalue weighted by Crippen LogP contribution is 2.68. The van der Waals surface area contributed by atoms with Gasteiger partial charge in [-0.15, -0.1) is 11.3 Å². The van der Waals surface area contributed by atoms with Gasteiger partial charge in [-0.25, -0.2) is 0 Å². The standard InChI is InChI=1S/C31H47NO5S2/c1-18(2)29(26-10-11-28(38-26)39(35,36)37)32-27(34)16-19(3)23-8-9-24-22-7-6-20-17-21(33)12-14-30(20,4)25(22)13-15-31(23,24)5/h10-11,18-20,22-25,29H,6-9,12-17H2,1-5H3,(H,32,34)(H,35,36,37)/t19-,20-,22+,23?,24?,25+,29?,30+,31-/m1/s1. The first-order chi connectivity index (χ1) is 18.2. The topological polar surface area (TPSA) is 101 Å². The number of carbonyl (C=O) groups is 2. The molecule has 6 nitrogen and oxygen atoms in total. The molecule has 218 valence electrons. The third-order valence-corrected chi connectivity index (χ3v) is 14.4. The van der Waals surface area contributed by atoms with Crippen LogP contribution in [-0.2, 0) is 19.7 Å². The highest BCUT2D eigenvalue weighted by molar-refractivity contribution is 7.88. The molecule has 2 N–H and O–H groups in total. The summed E-state index contributed by atoms with van der Waals surface area (Å²) in [5, 5.41) is 3.19. The minimum absolute atomic E-state index is 0.0173. The molecule has 0 saturated heterocycles. The number of hydrogen-bond donors (Lipinski definition) is 2. The summed E-state index contributed by atoms with van der Waals surface area (Å²) < 4.78 is 32.4. The van der Waals surface area contributed by atoms with Crippen LogP contribution in [0, 0.1) is 52.3 Å². The van der Waals surface area contributed by atoms with Crippen LogP contribution in [0.5, 0.6) is 0 Å². The van der Waals surface area contributed by atoms with Gasteiger partial charge in [-0.1, -0.05) is 34.6 Å². The molecule has 4 saturated carbocycles. The lowest BCUT2D eigenvalue weighted by Crippen LogP contribution is -2.53. The number of thiophene rings is 1. The molecule has 0 aliphatic heterocycles. The van der Waals surface area contributed by atoms with Gasteiger partial charge in [0.2, 0.25) is 5.91 Å². The molecular weight excluding hydrogens is 530 g/mol. The van der Waals surface area contributed by atoms with E-state index in [0.29, 0.717) is 29.5 Å². The van der Waals surface area contributed by atoms with Gasteiger partial charge in [0.25, 0.3) is 0 Å². The van der Waals surface area contributed by atoms with Crippen LogP contribution in [-0.4, -0.2) is 24.7 Å².